The number of hydrogen-bond acceptors (Lipinski definition) is 3. The third kappa shape index (κ3) is 3.75. The number of benzene rings is 1. The van der Waals surface area contributed by atoms with E-state index < -0.39 is 6.10 Å². The molecule has 1 unspecified atom stereocenters. The maximum absolute atomic E-state index is 11.5. The van der Waals surface area contributed by atoms with Crippen molar-refractivity contribution >= 4 is 5.91 Å². The summed E-state index contributed by atoms with van der Waals surface area (Å²) in [5.41, 5.74) is 3.36. The van der Waals surface area contributed by atoms with E-state index in [1.165, 1.54) is 5.56 Å². The molecule has 4 nitrogen and oxygen atoms in total. The van der Waals surface area contributed by atoms with Gasteiger partial charge in [0, 0.05) is 0 Å². The number of ether oxygens (including phenoxy) is 1. The van der Waals surface area contributed by atoms with Gasteiger partial charge in [-0.25, -0.2) is 5.84 Å². The molecule has 0 spiro atoms. The first-order valence-corrected chi connectivity index (χ1v) is 5.84. The predicted octanol–water partition coefficient (Wildman–Crippen LogP) is 1.64. The normalized spacial score (nSPS) is 12.3. The Kier molecular flexibility index (Phi) is 4.97. The van der Waals surface area contributed by atoms with Crippen LogP contribution >= 0.6 is 0 Å². The zero-order valence-electron chi connectivity index (χ0n) is 10.6. The van der Waals surface area contributed by atoms with Crippen LogP contribution in [-0.4, -0.2) is 12.0 Å². The first-order valence-electron chi connectivity index (χ1n) is 5.84. The lowest BCUT2D eigenvalue weighted by Gasteiger charge is -2.20. The Balaban J connectivity index is 2.75. The summed E-state index contributed by atoms with van der Waals surface area (Å²) in [4.78, 5) is 11.5. The van der Waals surface area contributed by atoms with Crippen molar-refractivity contribution in [2.75, 3.05) is 0 Å². The summed E-state index contributed by atoms with van der Waals surface area (Å²) in [6, 6.07) is 7.73. The van der Waals surface area contributed by atoms with Crippen LogP contribution in [0.1, 0.15) is 26.3 Å². The summed E-state index contributed by atoms with van der Waals surface area (Å²) in [5, 5.41) is 0. The lowest BCUT2D eigenvalue weighted by molar-refractivity contribution is -0.129. The molecule has 94 valence electrons. The lowest BCUT2D eigenvalue weighted by Crippen LogP contribution is -2.44. The van der Waals surface area contributed by atoms with Crippen molar-refractivity contribution in [3.05, 3.63) is 29.8 Å². The molecular weight excluding hydrogens is 216 g/mol. The van der Waals surface area contributed by atoms with Gasteiger partial charge in [-0.2, -0.15) is 0 Å². The van der Waals surface area contributed by atoms with Crippen LogP contribution in [-0.2, 0) is 11.2 Å². The standard InChI is InChI=1S/C13H20N2O2/c1-4-10-5-7-11(8-6-10)17-12(9(2)3)13(16)15-14/h5-9,12H,4,14H2,1-3H3,(H,15,16). The van der Waals surface area contributed by atoms with E-state index in [2.05, 4.69) is 12.3 Å². The molecule has 1 aromatic rings. The molecule has 0 aliphatic heterocycles. The molecule has 0 radical (unpaired) electrons. The van der Waals surface area contributed by atoms with E-state index in [4.69, 9.17) is 10.6 Å². The number of aryl methyl sites for hydroxylation is 1. The Morgan fingerprint density at radius 1 is 1.35 bits per heavy atom. The molecule has 0 heterocycles. The largest absolute Gasteiger partial charge is 0.480 e. The number of hydrazine groups is 1. The number of hydrogen-bond donors (Lipinski definition) is 2. The fourth-order valence-electron chi connectivity index (χ4n) is 1.52. The Hall–Kier alpha value is -1.55. The maximum Gasteiger partial charge on any atom is 0.275 e. The molecule has 17 heavy (non-hydrogen) atoms. The maximum atomic E-state index is 11.5. The van der Waals surface area contributed by atoms with Gasteiger partial charge >= 0.3 is 0 Å². The number of nitrogens with one attached hydrogen (secondary N) is 1. The zero-order valence-corrected chi connectivity index (χ0v) is 10.6. The molecule has 4 heteroatoms. The molecule has 0 aliphatic rings. The number of nitrogens with two attached hydrogens (primary N) is 1. The molecule has 1 atom stereocenters. The van der Waals surface area contributed by atoms with Crippen molar-refractivity contribution in [2.24, 2.45) is 11.8 Å². The third-order valence-electron chi connectivity index (χ3n) is 2.60. The van der Waals surface area contributed by atoms with Gasteiger partial charge in [0.05, 0.1) is 0 Å². The van der Waals surface area contributed by atoms with E-state index in [1.807, 2.05) is 38.1 Å². The summed E-state index contributed by atoms with van der Waals surface area (Å²) in [5.74, 6) is 5.57. The molecular formula is C13H20N2O2. The highest BCUT2D eigenvalue weighted by Gasteiger charge is 2.23. The van der Waals surface area contributed by atoms with Gasteiger partial charge in [0.15, 0.2) is 6.10 Å². The van der Waals surface area contributed by atoms with Crippen molar-refractivity contribution in [3.8, 4) is 5.75 Å². The van der Waals surface area contributed by atoms with Crippen LogP contribution < -0.4 is 16.0 Å². The minimum absolute atomic E-state index is 0.0596. The van der Waals surface area contributed by atoms with Crippen molar-refractivity contribution in [2.45, 2.75) is 33.3 Å². The Morgan fingerprint density at radius 2 is 1.94 bits per heavy atom. The summed E-state index contributed by atoms with van der Waals surface area (Å²) in [7, 11) is 0. The summed E-state index contributed by atoms with van der Waals surface area (Å²) in [6.45, 7) is 5.93. The van der Waals surface area contributed by atoms with Gasteiger partial charge in [-0.15, -0.1) is 0 Å². The average molecular weight is 236 g/mol. The molecule has 0 aromatic heterocycles. The van der Waals surface area contributed by atoms with Gasteiger partial charge in [0.2, 0.25) is 0 Å². The Morgan fingerprint density at radius 3 is 2.35 bits per heavy atom. The first kappa shape index (κ1) is 13.5. The third-order valence-corrected chi connectivity index (χ3v) is 2.60. The fraction of sp³-hybridized carbons (Fsp3) is 0.462. The molecule has 0 aliphatic carbocycles. The number of carbonyl (C=O) groups is 1. The lowest BCUT2D eigenvalue weighted by atomic mass is 10.1. The molecule has 0 saturated carbocycles. The smallest absolute Gasteiger partial charge is 0.275 e. The fourth-order valence-corrected chi connectivity index (χ4v) is 1.52. The quantitative estimate of drug-likeness (QED) is 0.464. The Bertz CT molecular complexity index is 360. The predicted molar refractivity (Wildman–Crippen MR) is 67.4 cm³/mol. The number of rotatable bonds is 5. The van der Waals surface area contributed by atoms with Crippen LogP contribution in [0.15, 0.2) is 24.3 Å². The van der Waals surface area contributed by atoms with E-state index in [0.29, 0.717) is 5.75 Å². The molecule has 0 bridgehead atoms. The second-order valence-corrected chi connectivity index (χ2v) is 4.29. The van der Waals surface area contributed by atoms with Crippen LogP contribution in [0.2, 0.25) is 0 Å². The van der Waals surface area contributed by atoms with E-state index in [-0.39, 0.29) is 11.8 Å². The second-order valence-electron chi connectivity index (χ2n) is 4.29. The van der Waals surface area contributed by atoms with Crippen LogP contribution in [0.3, 0.4) is 0 Å². The topological polar surface area (TPSA) is 64.3 Å². The van der Waals surface area contributed by atoms with Crippen LogP contribution in [0, 0.1) is 5.92 Å². The first-order chi connectivity index (χ1) is 8.08. The highest BCUT2D eigenvalue weighted by Crippen LogP contribution is 2.17. The minimum atomic E-state index is -0.563. The van der Waals surface area contributed by atoms with Crippen LogP contribution in [0.25, 0.3) is 0 Å². The highest BCUT2D eigenvalue weighted by atomic mass is 16.5. The molecule has 1 aromatic carbocycles. The summed E-state index contributed by atoms with van der Waals surface area (Å²) >= 11 is 0. The number of amides is 1. The van der Waals surface area contributed by atoms with Gasteiger partial charge in [-0.3, -0.25) is 10.2 Å². The molecule has 0 saturated heterocycles. The van der Waals surface area contributed by atoms with Crippen molar-refractivity contribution in [1.29, 1.82) is 0 Å². The van der Waals surface area contributed by atoms with Crippen molar-refractivity contribution in [3.63, 3.8) is 0 Å². The van der Waals surface area contributed by atoms with Crippen molar-refractivity contribution in [1.82, 2.24) is 5.43 Å². The number of carbonyl (C=O) groups excluding carboxylic acids is 1. The SMILES string of the molecule is CCc1ccc(OC(C(=O)NN)C(C)C)cc1. The van der Waals surface area contributed by atoms with Gasteiger partial charge in [-0.1, -0.05) is 32.9 Å². The van der Waals surface area contributed by atoms with Crippen molar-refractivity contribution < 1.29 is 9.53 Å². The van der Waals surface area contributed by atoms with E-state index in [0.717, 1.165) is 6.42 Å². The van der Waals surface area contributed by atoms with Crippen LogP contribution in [0.5, 0.6) is 5.75 Å². The summed E-state index contributed by atoms with van der Waals surface area (Å²) < 4.78 is 5.64. The van der Waals surface area contributed by atoms with E-state index >= 15 is 0 Å². The highest BCUT2D eigenvalue weighted by molar-refractivity contribution is 5.80. The molecule has 1 rings (SSSR count). The minimum Gasteiger partial charge on any atom is -0.480 e. The molecule has 1 amide bonds. The Labute approximate surface area is 102 Å². The molecule has 0 fully saturated rings. The van der Waals surface area contributed by atoms with Gasteiger partial charge < -0.3 is 4.74 Å². The average Bonchev–Trinajstić information content (AvgIpc) is 2.35. The van der Waals surface area contributed by atoms with Gasteiger partial charge in [0.25, 0.3) is 5.91 Å². The van der Waals surface area contributed by atoms with E-state index in [9.17, 15) is 4.79 Å². The van der Waals surface area contributed by atoms with Crippen LogP contribution in [0.4, 0.5) is 0 Å². The zero-order chi connectivity index (χ0) is 12.8. The van der Waals surface area contributed by atoms with Gasteiger partial charge in [-0.05, 0) is 30.0 Å². The second kappa shape index (κ2) is 6.25. The van der Waals surface area contributed by atoms with E-state index in [1.54, 1.807) is 0 Å². The van der Waals surface area contributed by atoms with Gasteiger partial charge in [0.1, 0.15) is 5.75 Å². The molecule has 3 N–H and O–H groups in total. The monoisotopic (exact) mass is 236 g/mol. The summed E-state index contributed by atoms with van der Waals surface area (Å²) in [6.07, 6.45) is 0.421.